The summed E-state index contributed by atoms with van der Waals surface area (Å²) >= 11 is 6.44. The number of thiol groups is 2. The van der Waals surface area contributed by atoms with Gasteiger partial charge in [-0.1, -0.05) is 0 Å². The molecule has 0 aliphatic carbocycles. The summed E-state index contributed by atoms with van der Waals surface area (Å²) in [6, 6.07) is 3.65. The predicted molar refractivity (Wildman–Crippen MR) is 52.0 cm³/mol. The first-order chi connectivity index (χ1) is 5.73. The molecule has 0 saturated heterocycles. The predicted octanol–water partition coefficient (Wildman–Crippen LogP) is 0.866. The van der Waals surface area contributed by atoms with Crippen LogP contribution in [0.4, 0.5) is 0 Å². The molecule has 1 rings (SSSR count). The third kappa shape index (κ3) is 22.6. The Hall–Kier alpha value is -0.200. The van der Waals surface area contributed by atoms with Gasteiger partial charge in [-0.15, -0.1) is 33.1 Å². The third-order valence-electron chi connectivity index (χ3n) is 0.483. The van der Waals surface area contributed by atoms with Crippen LogP contribution >= 0.6 is 31.6 Å². The Morgan fingerprint density at radius 1 is 1.08 bits per heavy atom. The molecule has 8 heteroatoms. The highest BCUT2D eigenvalue weighted by atomic mass is 33.1. The van der Waals surface area contributed by atoms with Crippen molar-refractivity contribution in [1.29, 1.82) is 0 Å². The lowest BCUT2D eigenvalue weighted by molar-refractivity contribution is 0.405. The molecule has 0 unspecified atom stereocenters. The van der Waals surface area contributed by atoms with E-state index in [9.17, 15) is 0 Å². The molecule has 0 atom stereocenters. The molecule has 68 valence electrons. The van der Waals surface area contributed by atoms with Crippen molar-refractivity contribution < 1.29 is 14.4 Å². The van der Waals surface area contributed by atoms with Crippen LogP contribution in [0, 0.1) is 0 Å². The topological polar surface area (TPSA) is 83.3 Å². The molecule has 1 aromatic heterocycles. The van der Waals surface area contributed by atoms with Crippen LogP contribution < -0.4 is 0 Å². The molecule has 0 saturated carbocycles. The van der Waals surface area contributed by atoms with Gasteiger partial charge >= 0.3 is 8.25 Å². The summed E-state index contributed by atoms with van der Waals surface area (Å²) in [4.78, 5) is 14.2. The number of nitrogens with zero attached hydrogens (tertiary/aromatic N) is 2. The van der Waals surface area contributed by atoms with Crippen LogP contribution in [-0.4, -0.2) is 20.0 Å². The lowest BCUT2D eigenvalue weighted by Crippen LogP contribution is -1.69. The van der Waals surface area contributed by atoms with Gasteiger partial charge in [-0.2, -0.15) is 10.2 Å². The summed E-state index contributed by atoms with van der Waals surface area (Å²) in [5, 5.41) is 7.07. The minimum Gasteiger partial charge on any atom is -0.159 e. The van der Waals surface area contributed by atoms with Gasteiger partial charge in [-0.05, 0) is 12.1 Å². The van der Waals surface area contributed by atoms with Gasteiger partial charge in [0.05, 0.1) is 0 Å². The molecule has 0 aliphatic heterocycles. The monoisotopic (exact) mass is 227 g/mol. The maximum absolute atomic E-state index is 8.70. The number of hydrogen-bond acceptors (Lipinski definition) is 5. The zero-order chi connectivity index (χ0) is 9.82. The maximum Gasteiger partial charge on any atom is 0.692 e. The molecule has 0 aromatic carbocycles. The van der Waals surface area contributed by atoms with Gasteiger partial charge in [0.15, 0.2) is 0 Å². The summed E-state index contributed by atoms with van der Waals surface area (Å²) in [6.45, 7) is 0. The Kier molecular flexibility index (Phi) is 16.0. The quantitative estimate of drug-likeness (QED) is 0.300. The SMILES string of the molecule is O=[P+](O)O.SS.c1ccnnc1. The second-order valence-electron chi connectivity index (χ2n) is 1.17. The van der Waals surface area contributed by atoms with E-state index in [-0.39, 0.29) is 0 Å². The van der Waals surface area contributed by atoms with Crippen molar-refractivity contribution in [3.05, 3.63) is 24.5 Å². The molecule has 1 heterocycles. The van der Waals surface area contributed by atoms with E-state index in [1.54, 1.807) is 12.4 Å². The Balaban J connectivity index is 0. The van der Waals surface area contributed by atoms with Crippen LogP contribution in [0.5, 0.6) is 0 Å². The molecular weight excluding hydrogens is 219 g/mol. The number of hydrogen-bond donors (Lipinski definition) is 4. The van der Waals surface area contributed by atoms with Crippen molar-refractivity contribution in [2.24, 2.45) is 0 Å². The minimum atomic E-state index is -2.87. The summed E-state index contributed by atoms with van der Waals surface area (Å²) in [7, 11) is -2.87. The average Bonchev–Trinajstić information content (AvgIpc) is 2.10. The molecule has 0 aliphatic rings. The molecule has 12 heavy (non-hydrogen) atoms. The van der Waals surface area contributed by atoms with Crippen LogP contribution in [0.1, 0.15) is 0 Å². The molecule has 0 amide bonds. The van der Waals surface area contributed by atoms with E-state index >= 15 is 0 Å². The molecule has 0 spiro atoms. The van der Waals surface area contributed by atoms with Gasteiger partial charge in [0.2, 0.25) is 0 Å². The van der Waals surface area contributed by atoms with Crippen LogP contribution in [-0.2, 0) is 4.57 Å². The summed E-state index contributed by atoms with van der Waals surface area (Å²) in [5.74, 6) is 0. The molecule has 0 radical (unpaired) electrons. The van der Waals surface area contributed by atoms with E-state index in [2.05, 4.69) is 33.5 Å². The van der Waals surface area contributed by atoms with Crippen molar-refractivity contribution in [3.8, 4) is 0 Å². The average molecular weight is 227 g/mol. The van der Waals surface area contributed by atoms with Crippen molar-refractivity contribution in [2.45, 2.75) is 0 Å². The standard InChI is InChI=1S/C4H4N2.HO3P.H2S2/c1-2-4-6-5-3-1;1-4(2)3;1-2/h1-4H;(H-,1,2,3);1-2H/p+1. The molecule has 1 aromatic rings. The van der Waals surface area contributed by atoms with Crippen molar-refractivity contribution in [2.75, 3.05) is 0 Å². The smallest absolute Gasteiger partial charge is 0.159 e. The van der Waals surface area contributed by atoms with Gasteiger partial charge in [0, 0.05) is 17.0 Å². The van der Waals surface area contributed by atoms with Crippen LogP contribution in [0.3, 0.4) is 0 Å². The molecule has 0 fully saturated rings. The van der Waals surface area contributed by atoms with Gasteiger partial charge in [-0.25, -0.2) is 0 Å². The van der Waals surface area contributed by atoms with Crippen molar-refractivity contribution in [1.82, 2.24) is 10.2 Å². The highest BCUT2D eigenvalue weighted by molar-refractivity contribution is 8.59. The summed E-state index contributed by atoms with van der Waals surface area (Å²) in [6.07, 6.45) is 3.28. The number of aromatic nitrogens is 2. The minimum absolute atomic E-state index is 1.64. The van der Waals surface area contributed by atoms with E-state index < -0.39 is 8.25 Å². The zero-order valence-corrected chi connectivity index (χ0v) is 8.53. The first-order valence-corrected chi connectivity index (χ1v) is 5.26. The molecule has 5 nitrogen and oxygen atoms in total. The highest BCUT2D eigenvalue weighted by Gasteiger charge is 1.93. The van der Waals surface area contributed by atoms with E-state index in [1.807, 2.05) is 12.1 Å². The second-order valence-corrected chi connectivity index (χ2v) is 1.67. The Morgan fingerprint density at radius 3 is 1.42 bits per heavy atom. The summed E-state index contributed by atoms with van der Waals surface area (Å²) in [5.41, 5.74) is 0. The largest absolute Gasteiger partial charge is 0.692 e. The first kappa shape index (κ1) is 14.3. The third-order valence-corrected chi connectivity index (χ3v) is 0.483. The van der Waals surface area contributed by atoms with Crippen molar-refractivity contribution in [3.63, 3.8) is 0 Å². The number of rotatable bonds is 0. The van der Waals surface area contributed by atoms with Gasteiger partial charge in [0.1, 0.15) is 0 Å². The zero-order valence-electron chi connectivity index (χ0n) is 5.85. The van der Waals surface area contributed by atoms with Gasteiger partial charge in [-0.3, -0.25) is 0 Å². The molecular formula is C4H8N2O3PS2+. The fourth-order valence-electron chi connectivity index (χ4n) is 0.253. The van der Waals surface area contributed by atoms with E-state index in [1.165, 1.54) is 0 Å². The normalized spacial score (nSPS) is 6.67. The van der Waals surface area contributed by atoms with Crippen LogP contribution in [0.2, 0.25) is 0 Å². The molecule has 0 bridgehead atoms. The maximum atomic E-state index is 8.70. The fraction of sp³-hybridized carbons (Fsp3) is 0. The Morgan fingerprint density at radius 2 is 1.33 bits per heavy atom. The van der Waals surface area contributed by atoms with E-state index in [0.717, 1.165) is 0 Å². The van der Waals surface area contributed by atoms with Crippen LogP contribution in [0.25, 0.3) is 0 Å². The van der Waals surface area contributed by atoms with Gasteiger partial charge in [0.25, 0.3) is 0 Å². The Bertz CT molecular complexity index is 158. The highest BCUT2D eigenvalue weighted by Crippen LogP contribution is 1.98. The van der Waals surface area contributed by atoms with E-state index in [0.29, 0.717) is 0 Å². The Labute approximate surface area is 81.0 Å². The van der Waals surface area contributed by atoms with Gasteiger partial charge < -0.3 is 0 Å². The lowest BCUT2D eigenvalue weighted by Gasteiger charge is -1.69. The second kappa shape index (κ2) is 13.4. The fourth-order valence-corrected chi connectivity index (χ4v) is 0.253. The van der Waals surface area contributed by atoms with Crippen LogP contribution in [0.15, 0.2) is 24.5 Å². The summed E-state index contributed by atoms with van der Waals surface area (Å²) < 4.78 is 8.70. The molecule has 2 N–H and O–H groups in total. The van der Waals surface area contributed by atoms with E-state index in [4.69, 9.17) is 14.4 Å². The van der Waals surface area contributed by atoms with Crippen molar-refractivity contribution >= 4 is 31.6 Å². The lowest BCUT2D eigenvalue weighted by atomic mass is 10.6. The first-order valence-electron chi connectivity index (χ1n) is 2.50.